The fourth-order valence-electron chi connectivity index (χ4n) is 2.23. The first-order chi connectivity index (χ1) is 8.74. The molecule has 1 N–H and O–H groups in total. The van der Waals surface area contributed by atoms with Gasteiger partial charge in [0.2, 0.25) is 7.37 Å². The van der Waals surface area contributed by atoms with Crippen molar-refractivity contribution in [1.29, 1.82) is 0 Å². The van der Waals surface area contributed by atoms with Crippen LogP contribution in [0.2, 0.25) is 0 Å². The molecule has 1 aliphatic rings. The molecule has 0 aromatic heterocycles. The Hall–Kier alpha value is -1.45. The van der Waals surface area contributed by atoms with Crippen molar-refractivity contribution < 1.29 is 19.0 Å². The van der Waals surface area contributed by atoms with Crippen LogP contribution in [0.15, 0.2) is 24.3 Å². The molecule has 1 aromatic rings. The second kappa shape index (κ2) is 4.29. The molecule has 1 aliphatic heterocycles. The molecule has 102 valence electrons. The zero-order valence-electron chi connectivity index (χ0n) is 11.1. The van der Waals surface area contributed by atoms with Crippen molar-refractivity contribution in [3.63, 3.8) is 0 Å². The molecule has 0 spiro atoms. The Labute approximate surface area is 111 Å². The Bertz CT molecular complexity index is 573. The predicted octanol–water partition coefficient (Wildman–Crippen LogP) is 2.31. The Kier molecular flexibility index (Phi) is 3.15. The predicted molar refractivity (Wildman–Crippen MR) is 71.4 cm³/mol. The second-order valence-corrected chi connectivity index (χ2v) is 8.13. The van der Waals surface area contributed by atoms with Crippen LogP contribution in [0.1, 0.15) is 41.5 Å². The van der Waals surface area contributed by atoms with E-state index in [1.54, 1.807) is 31.2 Å². The van der Waals surface area contributed by atoms with Crippen LogP contribution >= 0.6 is 7.37 Å². The average molecular weight is 281 g/mol. The summed E-state index contributed by atoms with van der Waals surface area (Å²) in [5.41, 5.74) is 0.577. The number of fused-ring (bicyclic) bond motifs is 1. The van der Waals surface area contributed by atoms with Crippen LogP contribution in [0.5, 0.6) is 0 Å². The SMILES string of the molecule is CCP(=O)(O)C(C)(C)N1C(=O)c2ccccc2C1=O. The fraction of sp³-hybridized carbons (Fsp3) is 0.385. The molecule has 0 fully saturated rings. The summed E-state index contributed by atoms with van der Waals surface area (Å²) < 4.78 is 12.2. The largest absolute Gasteiger partial charge is 0.343 e. The van der Waals surface area contributed by atoms with Gasteiger partial charge < -0.3 is 4.89 Å². The monoisotopic (exact) mass is 281 g/mol. The lowest BCUT2D eigenvalue weighted by molar-refractivity contribution is 0.0559. The third-order valence-electron chi connectivity index (χ3n) is 3.62. The van der Waals surface area contributed by atoms with Crippen LogP contribution in [-0.2, 0) is 4.57 Å². The summed E-state index contributed by atoms with van der Waals surface area (Å²) in [6, 6.07) is 6.44. The molecule has 6 heteroatoms. The summed E-state index contributed by atoms with van der Waals surface area (Å²) >= 11 is 0. The number of nitrogens with zero attached hydrogens (tertiary/aromatic N) is 1. The summed E-state index contributed by atoms with van der Waals surface area (Å²) in [5.74, 6) is -1.01. The number of hydrogen-bond acceptors (Lipinski definition) is 3. The number of imide groups is 1. The normalized spacial score (nSPS) is 18.4. The first-order valence-corrected chi connectivity index (χ1v) is 7.88. The summed E-state index contributed by atoms with van der Waals surface area (Å²) in [7, 11) is -3.64. The van der Waals surface area contributed by atoms with Crippen LogP contribution in [0.3, 0.4) is 0 Å². The van der Waals surface area contributed by atoms with Crippen LogP contribution in [0, 0.1) is 0 Å². The first-order valence-electron chi connectivity index (χ1n) is 6.04. The third kappa shape index (κ3) is 1.85. The summed E-state index contributed by atoms with van der Waals surface area (Å²) in [6.45, 7) is 4.48. The molecule has 5 nitrogen and oxygen atoms in total. The third-order valence-corrected chi connectivity index (χ3v) is 6.39. The lowest BCUT2D eigenvalue weighted by Crippen LogP contribution is -2.47. The highest BCUT2D eigenvalue weighted by Crippen LogP contribution is 2.56. The molecular formula is C13H16NO4P. The molecule has 1 aromatic carbocycles. The van der Waals surface area contributed by atoms with Gasteiger partial charge in [0.25, 0.3) is 11.8 Å². The Balaban J connectivity index is 2.54. The molecule has 0 radical (unpaired) electrons. The van der Waals surface area contributed by atoms with Crippen molar-refractivity contribution in [1.82, 2.24) is 4.90 Å². The van der Waals surface area contributed by atoms with E-state index in [0.29, 0.717) is 0 Å². The van der Waals surface area contributed by atoms with E-state index >= 15 is 0 Å². The zero-order chi connectivity index (χ0) is 14.4. The van der Waals surface area contributed by atoms with E-state index in [4.69, 9.17) is 0 Å². The maximum absolute atomic E-state index is 12.3. The highest BCUT2D eigenvalue weighted by Gasteiger charge is 2.51. The minimum Gasteiger partial charge on any atom is -0.343 e. The molecule has 2 amide bonds. The topological polar surface area (TPSA) is 74.7 Å². The number of benzene rings is 1. The Morgan fingerprint density at radius 1 is 1.16 bits per heavy atom. The molecule has 0 bridgehead atoms. The summed E-state index contributed by atoms with van der Waals surface area (Å²) in [6.07, 6.45) is 0.00735. The van der Waals surface area contributed by atoms with Gasteiger partial charge in [0.1, 0.15) is 5.28 Å². The molecule has 1 unspecified atom stereocenters. The van der Waals surface area contributed by atoms with Crippen molar-refractivity contribution in [3.8, 4) is 0 Å². The van der Waals surface area contributed by atoms with Crippen molar-refractivity contribution >= 4 is 19.2 Å². The van der Waals surface area contributed by atoms with E-state index in [9.17, 15) is 19.0 Å². The smallest absolute Gasteiger partial charge is 0.262 e. The van der Waals surface area contributed by atoms with Gasteiger partial charge in [-0.25, -0.2) is 0 Å². The minimum absolute atomic E-state index is 0.00735. The summed E-state index contributed by atoms with van der Waals surface area (Å²) in [5, 5.41) is -1.41. The van der Waals surface area contributed by atoms with Crippen LogP contribution in [0.25, 0.3) is 0 Å². The van der Waals surface area contributed by atoms with E-state index in [1.165, 1.54) is 13.8 Å². The number of hydrogen-bond donors (Lipinski definition) is 1. The number of carbonyl (C=O) groups is 2. The van der Waals surface area contributed by atoms with Gasteiger partial charge in [0, 0.05) is 6.16 Å². The van der Waals surface area contributed by atoms with E-state index < -0.39 is 24.5 Å². The standard InChI is InChI=1S/C13H16NO4P/c1-4-19(17,18)13(2,3)14-11(15)9-7-5-6-8-10(9)12(14)16/h5-8H,4H2,1-3H3,(H,17,18). The number of carbonyl (C=O) groups excluding carboxylic acids is 2. The second-order valence-electron chi connectivity index (χ2n) is 5.00. The quantitative estimate of drug-likeness (QED) is 0.681. The Morgan fingerprint density at radius 2 is 1.58 bits per heavy atom. The van der Waals surface area contributed by atoms with Crippen LogP contribution in [0.4, 0.5) is 0 Å². The molecule has 19 heavy (non-hydrogen) atoms. The molecule has 2 rings (SSSR count). The lowest BCUT2D eigenvalue weighted by atomic mass is 10.1. The van der Waals surface area contributed by atoms with Crippen LogP contribution < -0.4 is 0 Å². The van der Waals surface area contributed by atoms with Gasteiger partial charge in [-0.15, -0.1) is 0 Å². The van der Waals surface area contributed by atoms with Gasteiger partial charge >= 0.3 is 0 Å². The average Bonchev–Trinajstić information content (AvgIpc) is 2.62. The van der Waals surface area contributed by atoms with E-state index in [-0.39, 0.29) is 17.3 Å². The molecule has 0 saturated carbocycles. The summed E-state index contributed by atoms with van der Waals surface area (Å²) in [4.78, 5) is 35.5. The van der Waals surface area contributed by atoms with Gasteiger partial charge in [-0.1, -0.05) is 19.1 Å². The van der Waals surface area contributed by atoms with Crippen molar-refractivity contribution in [2.24, 2.45) is 0 Å². The van der Waals surface area contributed by atoms with Crippen molar-refractivity contribution in [2.45, 2.75) is 26.1 Å². The van der Waals surface area contributed by atoms with Gasteiger partial charge in [-0.05, 0) is 26.0 Å². The highest BCUT2D eigenvalue weighted by atomic mass is 31.2. The number of rotatable bonds is 3. The molecule has 1 heterocycles. The van der Waals surface area contributed by atoms with E-state index in [0.717, 1.165) is 4.90 Å². The van der Waals surface area contributed by atoms with Gasteiger partial charge in [0.15, 0.2) is 0 Å². The first kappa shape index (κ1) is 14.0. The van der Waals surface area contributed by atoms with Crippen molar-refractivity contribution in [2.75, 3.05) is 6.16 Å². The Morgan fingerprint density at radius 3 is 1.95 bits per heavy atom. The van der Waals surface area contributed by atoms with E-state index in [2.05, 4.69) is 0 Å². The highest BCUT2D eigenvalue weighted by molar-refractivity contribution is 7.59. The van der Waals surface area contributed by atoms with Gasteiger partial charge in [-0.3, -0.25) is 19.1 Å². The molecule has 1 atom stereocenters. The maximum Gasteiger partial charge on any atom is 0.262 e. The van der Waals surface area contributed by atoms with E-state index in [1.807, 2.05) is 0 Å². The van der Waals surface area contributed by atoms with Gasteiger partial charge in [-0.2, -0.15) is 0 Å². The minimum atomic E-state index is -3.64. The van der Waals surface area contributed by atoms with Crippen molar-refractivity contribution in [3.05, 3.63) is 35.4 Å². The maximum atomic E-state index is 12.3. The molecule has 0 saturated heterocycles. The molecule has 0 aliphatic carbocycles. The zero-order valence-corrected chi connectivity index (χ0v) is 12.0. The number of amides is 2. The fourth-order valence-corrected chi connectivity index (χ4v) is 3.50. The molecular weight excluding hydrogens is 265 g/mol. The van der Waals surface area contributed by atoms with Crippen LogP contribution in [-0.4, -0.2) is 33.0 Å². The lowest BCUT2D eigenvalue weighted by Gasteiger charge is -2.36. The van der Waals surface area contributed by atoms with Gasteiger partial charge in [0.05, 0.1) is 11.1 Å².